The summed E-state index contributed by atoms with van der Waals surface area (Å²) in [5.41, 5.74) is 2.11. The fourth-order valence-electron chi connectivity index (χ4n) is 4.08. The van der Waals surface area contributed by atoms with Crippen LogP contribution in [0.5, 0.6) is 5.75 Å². The molecule has 0 spiro atoms. The Balaban J connectivity index is 0.00000306. The topological polar surface area (TPSA) is 85.3 Å². The molecule has 0 aliphatic carbocycles. The van der Waals surface area contributed by atoms with Gasteiger partial charge in [-0.2, -0.15) is 0 Å². The minimum atomic E-state index is -0.821. The van der Waals surface area contributed by atoms with Crippen LogP contribution < -0.4 is 15.0 Å². The zero-order valence-electron chi connectivity index (χ0n) is 18.5. The lowest BCUT2D eigenvalue weighted by Gasteiger charge is -2.37. The van der Waals surface area contributed by atoms with E-state index in [9.17, 15) is 14.7 Å². The molecule has 0 aromatic heterocycles. The first-order chi connectivity index (χ1) is 15.5. The van der Waals surface area contributed by atoms with Crippen LogP contribution in [0, 0.1) is 0 Å². The van der Waals surface area contributed by atoms with Crippen LogP contribution in [0.1, 0.15) is 5.56 Å². The monoisotopic (exact) mass is 472 g/mol. The lowest BCUT2D eigenvalue weighted by atomic mass is 10.2. The summed E-state index contributed by atoms with van der Waals surface area (Å²) in [5.74, 6) is 0.429. The number of anilines is 1. The predicted molar refractivity (Wildman–Crippen MR) is 130 cm³/mol. The van der Waals surface area contributed by atoms with Crippen LogP contribution in [0.3, 0.4) is 0 Å². The summed E-state index contributed by atoms with van der Waals surface area (Å²) in [6.07, 6.45) is 0.822. The molecule has 2 aliphatic rings. The molecule has 2 saturated heterocycles. The van der Waals surface area contributed by atoms with Gasteiger partial charge in [0.15, 0.2) is 0 Å². The van der Waals surface area contributed by atoms with E-state index in [-0.39, 0.29) is 24.6 Å². The summed E-state index contributed by atoms with van der Waals surface area (Å²) in [4.78, 5) is 30.4. The number of halogens is 1. The van der Waals surface area contributed by atoms with Crippen molar-refractivity contribution < 1.29 is 19.4 Å². The zero-order chi connectivity index (χ0) is 22.5. The van der Waals surface area contributed by atoms with Gasteiger partial charge >= 0.3 is 6.03 Å². The van der Waals surface area contributed by atoms with E-state index in [4.69, 9.17) is 4.74 Å². The van der Waals surface area contributed by atoms with Crippen molar-refractivity contribution in [2.45, 2.75) is 6.10 Å². The van der Waals surface area contributed by atoms with E-state index >= 15 is 0 Å². The number of nitrogens with one attached hydrogen (secondary N) is 1. The fourth-order valence-corrected chi connectivity index (χ4v) is 4.08. The van der Waals surface area contributed by atoms with E-state index in [0.29, 0.717) is 6.54 Å². The van der Waals surface area contributed by atoms with Gasteiger partial charge in [0.2, 0.25) is 0 Å². The van der Waals surface area contributed by atoms with Gasteiger partial charge < -0.3 is 20.1 Å². The summed E-state index contributed by atoms with van der Waals surface area (Å²) in [6, 6.07) is 16.8. The molecule has 0 saturated carbocycles. The van der Waals surface area contributed by atoms with Crippen LogP contribution in [0.15, 0.2) is 60.3 Å². The number of piperazine rings is 1. The fraction of sp³-hybridized carbons (Fsp3) is 0.333. The van der Waals surface area contributed by atoms with Gasteiger partial charge in [0.05, 0.1) is 25.4 Å². The molecule has 1 atom stereocenters. The molecule has 3 amide bonds. The third-order valence-corrected chi connectivity index (χ3v) is 5.73. The molecule has 2 N–H and O–H groups in total. The van der Waals surface area contributed by atoms with E-state index in [0.717, 1.165) is 48.1 Å². The lowest BCUT2D eigenvalue weighted by molar-refractivity contribution is -0.124. The van der Waals surface area contributed by atoms with Gasteiger partial charge in [0.1, 0.15) is 11.4 Å². The summed E-state index contributed by atoms with van der Waals surface area (Å²) in [7, 11) is 1.67. The summed E-state index contributed by atoms with van der Waals surface area (Å²) in [6.45, 7) is 3.52. The van der Waals surface area contributed by atoms with E-state index in [1.54, 1.807) is 13.2 Å². The van der Waals surface area contributed by atoms with Crippen LogP contribution >= 0.6 is 12.4 Å². The number of β-amino-alcohol motifs (C(OH)–C–C–N with tert-alkyl or cyclic N) is 1. The van der Waals surface area contributed by atoms with Crippen molar-refractivity contribution in [1.82, 2.24) is 15.1 Å². The average molecular weight is 473 g/mol. The number of benzene rings is 2. The first-order valence-electron chi connectivity index (χ1n) is 10.7. The Morgan fingerprint density at radius 1 is 1.00 bits per heavy atom. The number of nitrogens with zero attached hydrogens (tertiary/aromatic N) is 3. The number of carbonyl (C=O) groups excluding carboxylic acids is 2. The van der Waals surface area contributed by atoms with Crippen LogP contribution in [0.4, 0.5) is 10.5 Å². The number of aliphatic hydroxyl groups excluding tert-OH is 1. The molecule has 2 fully saturated rings. The zero-order valence-corrected chi connectivity index (χ0v) is 19.3. The van der Waals surface area contributed by atoms with Gasteiger partial charge in [-0.05, 0) is 23.8 Å². The first-order valence-corrected chi connectivity index (χ1v) is 10.7. The van der Waals surface area contributed by atoms with Gasteiger partial charge in [-0.1, -0.05) is 42.5 Å². The standard InChI is InChI=1S/C24H28N4O4.ClH/c1-32-22-10-6-5-9-21(22)27-13-11-26(12-14-27)16-19(29)17-28-23(30)20(25-24(28)31)15-18-7-3-2-4-8-18;/h2-10,15,19,29H,11-14,16-17H2,1H3,(H,25,31);1H/b20-15-;. The molecular formula is C24H29ClN4O4. The summed E-state index contributed by atoms with van der Waals surface area (Å²) >= 11 is 0. The molecule has 2 aliphatic heterocycles. The summed E-state index contributed by atoms with van der Waals surface area (Å²) < 4.78 is 5.46. The maximum atomic E-state index is 12.6. The number of carbonyl (C=O) groups is 2. The second-order valence-corrected chi connectivity index (χ2v) is 7.93. The molecule has 2 aromatic carbocycles. The maximum Gasteiger partial charge on any atom is 0.329 e. The van der Waals surface area contributed by atoms with Crippen molar-refractivity contribution in [2.75, 3.05) is 51.3 Å². The van der Waals surface area contributed by atoms with Crippen molar-refractivity contribution in [3.63, 3.8) is 0 Å². The van der Waals surface area contributed by atoms with E-state index in [1.165, 1.54) is 0 Å². The van der Waals surface area contributed by atoms with E-state index in [1.807, 2.05) is 54.6 Å². The normalized spacial score (nSPS) is 18.8. The maximum absolute atomic E-state index is 12.6. The Morgan fingerprint density at radius 2 is 1.67 bits per heavy atom. The first kappa shape index (κ1) is 24.6. The van der Waals surface area contributed by atoms with E-state index in [2.05, 4.69) is 15.1 Å². The average Bonchev–Trinajstić information content (AvgIpc) is 3.07. The molecule has 4 rings (SSSR count). The minimum Gasteiger partial charge on any atom is -0.495 e. The van der Waals surface area contributed by atoms with Crippen molar-refractivity contribution in [3.8, 4) is 5.75 Å². The smallest absolute Gasteiger partial charge is 0.329 e. The number of para-hydroxylation sites is 2. The van der Waals surface area contributed by atoms with Crippen molar-refractivity contribution in [3.05, 3.63) is 65.9 Å². The Bertz CT molecular complexity index is 993. The highest BCUT2D eigenvalue weighted by Crippen LogP contribution is 2.28. The van der Waals surface area contributed by atoms with E-state index < -0.39 is 18.0 Å². The van der Waals surface area contributed by atoms with Gasteiger partial charge in [0, 0.05) is 32.7 Å². The molecule has 9 heteroatoms. The van der Waals surface area contributed by atoms with Gasteiger partial charge in [-0.3, -0.25) is 14.6 Å². The van der Waals surface area contributed by atoms with Crippen LogP contribution in [-0.4, -0.2) is 79.3 Å². The highest BCUT2D eigenvalue weighted by Gasteiger charge is 2.35. The lowest BCUT2D eigenvalue weighted by Crippen LogP contribution is -2.50. The molecule has 33 heavy (non-hydrogen) atoms. The van der Waals surface area contributed by atoms with Crippen molar-refractivity contribution in [2.24, 2.45) is 0 Å². The number of rotatable bonds is 7. The molecular weight excluding hydrogens is 444 g/mol. The van der Waals surface area contributed by atoms with Gasteiger partial charge in [0.25, 0.3) is 5.91 Å². The SMILES string of the molecule is COc1ccccc1N1CCN(CC(O)CN2C(=O)N/C(=C\c3ccccc3)C2=O)CC1.Cl. The third kappa shape index (κ3) is 5.84. The van der Waals surface area contributed by atoms with Crippen LogP contribution in [0.2, 0.25) is 0 Å². The Kier molecular flexibility index (Phi) is 8.32. The molecule has 0 radical (unpaired) electrons. The number of aliphatic hydroxyl groups is 1. The molecule has 176 valence electrons. The molecule has 2 heterocycles. The largest absolute Gasteiger partial charge is 0.495 e. The van der Waals surface area contributed by atoms with Crippen molar-refractivity contribution >= 4 is 36.1 Å². The number of methoxy groups -OCH3 is 1. The third-order valence-electron chi connectivity index (χ3n) is 5.73. The number of imide groups is 1. The van der Waals surface area contributed by atoms with Gasteiger partial charge in [-0.15, -0.1) is 12.4 Å². The minimum absolute atomic E-state index is 0. The number of urea groups is 1. The number of ether oxygens (including phenoxy) is 1. The second-order valence-electron chi connectivity index (χ2n) is 7.93. The number of hydrogen-bond acceptors (Lipinski definition) is 6. The van der Waals surface area contributed by atoms with Gasteiger partial charge in [-0.25, -0.2) is 4.79 Å². The predicted octanol–water partition coefficient (Wildman–Crippen LogP) is 2.19. The second kappa shape index (κ2) is 11.2. The highest BCUT2D eigenvalue weighted by molar-refractivity contribution is 6.14. The molecule has 0 bridgehead atoms. The molecule has 2 aromatic rings. The van der Waals surface area contributed by atoms with Crippen molar-refractivity contribution in [1.29, 1.82) is 0 Å². The highest BCUT2D eigenvalue weighted by atomic mass is 35.5. The molecule has 1 unspecified atom stereocenters. The molecule has 8 nitrogen and oxygen atoms in total. The number of amides is 3. The quantitative estimate of drug-likeness (QED) is 0.474. The number of hydrogen-bond donors (Lipinski definition) is 2. The Morgan fingerprint density at radius 3 is 2.36 bits per heavy atom. The Hall–Kier alpha value is -3.07. The van der Waals surface area contributed by atoms with Crippen LogP contribution in [-0.2, 0) is 4.79 Å². The van der Waals surface area contributed by atoms with Crippen LogP contribution in [0.25, 0.3) is 6.08 Å². The Labute approximate surface area is 199 Å². The summed E-state index contributed by atoms with van der Waals surface area (Å²) in [5, 5.41) is 13.2.